The van der Waals surface area contributed by atoms with Crippen LogP contribution in [0.25, 0.3) is 94.7 Å². The van der Waals surface area contributed by atoms with Gasteiger partial charge in [0, 0.05) is 31.5 Å². The lowest BCUT2D eigenvalue weighted by Crippen LogP contribution is -1.93. The quantitative estimate of drug-likeness (QED) is 0.175. The van der Waals surface area contributed by atoms with Crippen LogP contribution >= 0.6 is 77.2 Å². The fourth-order valence-corrected chi connectivity index (χ4v) is 13.3. The smallest absolute Gasteiger partial charge is 0.171 e. The van der Waals surface area contributed by atoms with E-state index in [4.69, 9.17) is 8.83 Å². The number of rotatable bonds is 2. The van der Waals surface area contributed by atoms with Crippen LogP contribution in [0.15, 0.2) is 89.2 Å². The van der Waals surface area contributed by atoms with Gasteiger partial charge in [-0.1, -0.05) is 35.4 Å². The molecule has 8 heterocycles. The molecule has 4 nitrogen and oxygen atoms in total. The Morgan fingerprint density at radius 1 is 0.500 bits per heavy atom. The molecule has 0 saturated carbocycles. The van der Waals surface area contributed by atoms with Gasteiger partial charge in [0.05, 0.1) is 37.4 Å². The van der Waals surface area contributed by atoms with Crippen LogP contribution < -0.4 is 0 Å². The number of furan rings is 2. The third kappa shape index (κ3) is 3.42. The van der Waals surface area contributed by atoms with Crippen LogP contribution in [0.2, 0.25) is 0 Å². The van der Waals surface area contributed by atoms with E-state index in [0.717, 1.165) is 63.1 Å². The first kappa shape index (κ1) is 26.7. The predicted molar refractivity (Wildman–Crippen MR) is 206 cm³/mol. The van der Waals surface area contributed by atoms with Crippen LogP contribution in [0.5, 0.6) is 0 Å². The molecule has 0 atom stereocenters. The van der Waals surface area contributed by atoms with Gasteiger partial charge in [-0.3, -0.25) is 0 Å². The van der Waals surface area contributed by atoms with Gasteiger partial charge in [0.2, 0.25) is 0 Å². The number of halogens is 2. The van der Waals surface area contributed by atoms with Crippen molar-refractivity contribution < 1.29 is 8.83 Å². The number of benzene rings is 3. The number of aryl methyl sites for hydroxylation is 2. The lowest BCUT2D eigenvalue weighted by Gasteiger charge is -2.08. The van der Waals surface area contributed by atoms with Gasteiger partial charge in [-0.2, -0.15) is 0 Å². The standard InChI is InChI=1S/C36H18Br2N2O2S4/c1-15-3-7-17(8-4-15)39-27-19-11-22-20(12-21(19)41-31(27)35-29(39)33-23(43-35)13-25(37)45-33)28-32(42-22)36-30(34-24(44-36)14-26(38)46-34)40(28)18-9-5-16(2)6-10-18/h3-14H,1-2H3. The van der Waals surface area contributed by atoms with Crippen LogP contribution in [-0.2, 0) is 0 Å². The summed E-state index contributed by atoms with van der Waals surface area (Å²) in [6, 6.07) is 26.4. The number of hydrogen-bond acceptors (Lipinski definition) is 6. The number of thiophene rings is 4. The summed E-state index contributed by atoms with van der Waals surface area (Å²) in [4.78, 5) is 0. The Morgan fingerprint density at radius 3 is 1.33 bits per heavy atom. The third-order valence-electron chi connectivity index (χ3n) is 8.96. The summed E-state index contributed by atoms with van der Waals surface area (Å²) in [5.74, 6) is 0. The minimum Gasteiger partial charge on any atom is -0.453 e. The first-order chi connectivity index (χ1) is 22.4. The molecule has 3 aromatic carbocycles. The van der Waals surface area contributed by atoms with Gasteiger partial charge in [0.25, 0.3) is 0 Å². The maximum atomic E-state index is 6.87. The molecule has 0 aliphatic heterocycles. The number of fused-ring (bicyclic) bond motifs is 14. The molecule has 10 heteroatoms. The lowest BCUT2D eigenvalue weighted by atomic mass is 10.1. The molecule has 0 unspecified atom stereocenters. The van der Waals surface area contributed by atoms with Crippen LogP contribution in [0.1, 0.15) is 11.1 Å². The molecular weight excluding hydrogens is 780 g/mol. The van der Waals surface area contributed by atoms with E-state index in [1.54, 1.807) is 45.3 Å². The number of hydrogen-bond donors (Lipinski definition) is 0. The highest BCUT2D eigenvalue weighted by Crippen LogP contribution is 2.52. The van der Waals surface area contributed by atoms with Crippen LogP contribution in [-0.4, -0.2) is 9.13 Å². The predicted octanol–water partition coefficient (Wildman–Crippen LogP) is 14.1. The zero-order chi connectivity index (χ0) is 30.6. The SMILES string of the molecule is Cc1ccc(-n2c3c4cc5oc6c7sc8cc(Br)sc8c7n(-c7ccc(C)cc7)c6c5cc4oc3c3sc4cc(Br)sc4c32)cc1. The molecule has 8 aromatic heterocycles. The second kappa shape index (κ2) is 9.15. The van der Waals surface area contributed by atoms with Crippen molar-refractivity contribution in [3.63, 3.8) is 0 Å². The molecule has 222 valence electrons. The van der Waals surface area contributed by atoms with Gasteiger partial charge in [-0.05, 0) is 94.2 Å². The average Bonchev–Trinajstić information content (AvgIpc) is 3.88. The summed E-state index contributed by atoms with van der Waals surface area (Å²) < 4.78 is 28.2. The van der Waals surface area contributed by atoms with Gasteiger partial charge in [-0.25, -0.2) is 0 Å². The van der Waals surface area contributed by atoms with Crippen LogP contribution in [0.3, 0.4) is 0 Å². The van der Waals surface area contributed by atoms with Crippen molar-refractivity contribution in [3.8, 4) is 11.4 Å². The van der Waals surface area contributed by atoms with Crippen molar-refractivity contribution in [1.82, 2.24) is 9.13 Å². The molecule has 46 heavy (non-hydrogen) atoms. The molecule has 0 amide bonds. The maximum Gasteiger partial charge on any atom is 0.171 e. The van der Waals surface area contributed by atoms with E-state index in [1.807, 2.05) is 0 Å². The summed E-state index contributed by atoms with van der Waals surface area (Å²) in [5, 5.41) is 2.11. The van der Waals surface area contributed by atoms with Gasteiger partial charge >= 0.3 is 0 Å². The second-order valence-corrected chi connectivity index (χ2v) is 18.8. The normalized spacial score (nSPS) is 12.8. The largest absolute Gasteiger partial charge is 0.453 e. The van der Waals surface area contributed by atoms with Crippen molar-refractivity contribution in [1.29, 1.82) is 0 Å². The van der Waals surface area contributed by atoms with E-state index in [2.05, 4.69) is 128 Å². The maximum absolute atomic E-state index is 6.87. The van der Waals surface area contributed by atoms with Gasteiger partial charge < -0.3 is 18.0 Å². The Kier molecular flexibility index (Phi) is 5.31. The zero-order valence-corrected chi connectivity index (χ0v) is 30.5. The third-order valence-corrected chi connectivity index (χ3v) is 14.8. The van der Waals surface area contributed by atoms with Crippen molar-refractivity contribution in [2.75, 3.05) is 0 Å². The van der Waals surface area contributed by atoms with Gasteiger partial charge in [0.15, 0.2) is 11.2 Å². The summed E-state index contributed by atoms with van der Waals surface area (Å²) >= 11 is 14.6. The van der Waals surface area contributed by atoms with Crippen LogP contribution in [0, 0.1) is 13.8 Å². The minimum absolute atomic E-state index is 0.866. The Hall–Kier alpha value is -3.38. The molecular formula is C36H18Br2N2O2S4. The Balaban J connectivity index is 1.29. The van der Waals surface area contributed by atoms with Crippen molar-refractivity contribution >= 4 is 161 Å². The molecule has 11 rings (SSSR count). The van der Waals surface area contributed by atoms with E-state index in [1.165, 1.54) is 50.4 Å². The van der Waals surface area contributed by atoms with E-state index in [9.17, 15) is 0 Å². The highest BCUT2D eigenvalue weighted by Gasteiger charge is 2.28. The molecule has 0 saturated heterocycles. The van der Waals surface area contributed by atoms with Gasteiger partial charge in [-0.15, -0.1) is 45.3 Å². The summed E-state index contributed by atoms with van der Waals surface area (Å²) in [5.41, 5.74) is 12.9. The van der Waals surface area contributed by atoms with E-state index in [-0.39, 0.29) is 0 Å². The summed E-state index contributed by atoms with van der Waals surface area (Å²) in [7, 11) is 0. The molecule has 0 spiro atoms. The first-order valence-electron chi connectivity index (χ1n) is 14.6. The molecule has 0 N–H and O–H groups in total. The average molecular weight is 799 g/mol. The molecule has 0 aliphatic rings. The van der Waals surface area contributed by atoms with Gasteiger partial charge in [0.1, 0.15) is 22.2 Å². The number of aromatic nitrogens is 2. The van der Waals surface area contributed by atoms with Crippen molar-refractivity contribution in [2.24, 2.45) is 0 Å². The number of nitrogens with zero attached hydrogens (tertiary/aromatic N) is 2. The molecule has 0 bridgehead atoms. The first-order valence-corrected chi connectivity index (χ1v) is 19.5. The summed E-state index contributed by atoms with van der Waals surface area (Å²) in [6.45, 7) is 4.26. The zero-order valence-electron chi connectivity index (χ0n) is 24.0. The molecule has 0 aliphatic carbocycles. The highest BCUT2D eigenvalue weighted by molar-refractivity contribution is 9.11. The summed E-state index contributed by atoms with van der Waals surface area (Å²) in [6.07, 6.45) is 0. The second-order valence-electron chi connectivity index (χ2n) is 11.8. The molecule has 0 fully saturated rings. The molecule has 11 aromatic rings. The lowest BCUT2D eigenvalue weighted by molar-refractivity contribution is 0.668. The Bertz CT molecular complexity index is 2850. The fourth-order valence-electron chi connectivity index (χ4n) is 6.95. The van der Waals surface area contributed by atoms with E-state index >= 15 is 0 Å². The Labute approximate surface area is 292 Å². The Morgan fingerprint density at radius 2 is 0.913 bits per heavy atom. The molecule has 0 radical (unpaired) electrons. The monoisotopic (exact) mass is 796 g/mol. The van der Waals surface area contributed by atoms with Crippen LogP contribution in [0.4, 0.5) is 0 Å². The van der Waals surface area contributed by atoms with Crippen molar-refractivity contribution in [3.05, 3.63) is 91.5 Å². The highest BCUT2D eigenvalue weighted by atomic mass is 79.9. The van der Waals surface area contributed by atoms with E-state index < -0.39 is 0 Å². The topological polar surface area (TPSA) is 36.1 Å². The van der Waals surface area contributed by atoms with E-state index in [0.29, 0.717) is 0 Å². The fraction of sp³-hybridized carbons (Fsp3) is 0.0556. The minimum atomic E-state index is 0.866. The van der Waals surface area contributed by atoms with Crippen molar-refractivity contribution in [2.45, 2.75) is 13.8 Å².